The molecule has 0 radical (unpaired) electrons. The average Bonchev–Trinajstić information content (AvgIpc) is 2.16. The third kappa shape index (κ3) is 4.91. The fraction of sp³-hybridized carbons (Fsp3) is 0.455. The molecule has 13 heavy (non-hydrogen) atoms. The summed E-state index contributed by atoms with van der Waals surface area (Å²) in [5.74, 6) is 0. The average molecular weight is 200 g/mol. The van der Waals surface area contributed by atoms with Crippen LogP contribution in [0.15, 0.2) is 30.3 Å². The summed E-state index contributed by atoms with van der Waals surface area (Å²) in [5.41, 5.74) is 1.41. The van der Waals surface area contributed by atoms with E-state index >= 15 is 0 Å². The summed E-state index contributed by atoms with van der Waals surface area (Å²) in [6, 6.07) is 11.4. The van der Waals surface area contributed by atoms with Crippen LogP contribution >= 0.6 is 0 Å². The number of nitrogens with two attached hydrogens (primary N) is 1. The summed E-state index contributed by atoms with van der Waals surface area (Å²) in [5, 5.41) is 2.38. The van der Waals surface area contributed by atoms with Gasteiger partial charge in [-0.15, -0.1) is 0 Å². The van der Waals surface area contributed by atoms with Crippen LogP contribution in [0.3, 0.4) is 0 Å². The Morgan fingerprint density at radius 3 is 2.38 bits per heavy atom. The van der Waals surface area contributed by atoms with Crippen molar-refractivity contribution in [1.29, 1.82) is 0 Å². The summed E-state index contributed by atoms with van der Waals surface area (Å²) in [6.07, 6.45) is 1.24. The highest BCUT2D eigenvalue weighted by Crippen LogP contribution is 1.94. The Morgan fingerprint density at radius 1 is 1.23 bits per heavy atom. The molecule has 0 fully saturated rings. The third-order valence-corrected chi connectivity index (χ3v) is 2.24. The maximum Gasteiger partial charge on any atom is 0.101 e. The molecule has 0 saturated heterocycles. The Kier molecular flexibility index (Phi) is 6.65. The summed E-state index contributed by atoms with van der Waals surface area (Å²) < 4.78 is 0. The highest BCUT2D eigenvalue weighted by atomic mass is 35.5. The monoisotopic (exact) mass is 199 g/mol. The van der Waals surface area contributed by atoms with Crippen molar-refractivity contribution in [1.82, 2.24) is 0 Å². The lowest BCUT2D eigenvalue weighted by Crippen LogP contribution is -3.00. The van der Waals surface area contributed by atoms with Crippen molar-refractivity contribution in [2.45, 2.75) is 32.9 Å². The topological polar surface area (TPSA) is 16.6 Å². The van der Waals surface area contributed by atoms with Gasteiger partial charge in [0, 0.05) is 5.56 Å². The standard InChI is InChI=1S/C11H17N.ClH/c1-3-10(2)12-9-11-7-5-4-6-8-11;/h4-8,10,12H,3,9H2,1-2H3;1H. The molecule has 0 spiro atoms. The van der Waals surface area contributed by atoms with Crippen LogP contribution in [0.4, 0.5) is 0 Å². The highest BCUT2D eigenvalue weighted by Gasteiger charge is 2.00. The molecular weight excluding hydrogens is 182 g/mol. The molecule has 1 aromatic carbocycles. The molecule has 1 atom stereocenters. The molecule has 0 amide bonds. The lowest BCUT2D eigenvalue weighted by atomic mass is 10.2. The van der Waals surface area contributed by atoms with Crippen molar-refractivity contribution in [3.8, 4) is 0 Å². The number of hydrogen-bond donors (Lipinski definition) is 1. The maximum absolute atomic E-state index is 2.38. The van der Waals surface area contributed by atoms with Gasteiger partial charge in [-0.05, 0) is 13.3 Å². The van der Waals surface area contributed by atoms with Crippen LogP contribution in [-0.4, -0.2) is 6.04 Å². The van der Waals surface area contributed by atoms with E-state index in [1.54, 1.807) is 0 Å². The predicted octanol–water partition coefficient (Wildman–Crippen LogP) is -1.45. The second-order valence-corrected chi connectivity index (χ2v) is 3.31. The molecular formula is C11H18ClN. The largest absolute Gasteiger partial charge is 1.00 e. The van der Waals surface area contributed by atoms with E-state index in [1.807, 2.05) is 0 Å². The zero-order chi connectivity index (χ0) is 8.81. The Bertz CT molecular complexity index is 211. The van der Waals surface area contributed by atoms with E-state index in [0.29, 0.717) is 0 Å². The summed E-state index contributed by atoms with van der Waals surface area (Å²) in [4.78, 5) is 0. The molecule has 0 aliphatic heterocycles. The highest BCUT2D eigenvalue weighted by molar-refractivity contribution is 5.12. The summed E-state index contributed by atoms with van der Waals surface area (Å²) >= 11 is 0. The van der Waals surface area contributed by atoms with E-state index in [0.717, 1.165) is 12.6 Å². The number of quaternary nitrogens is 1. The molecule has 0 saturated carbocycles. The third-order valence-electron chi connectivity index (χ3n) is 2.24. The first-order valence-corrected chi connectivity index (χ1v) is 4.70. The Balaban J connectivity index is 0.00000144. The van der Waals surface area contributed by atoms with Crippen molar-refractivity contribution in [3.63, 3.8) is 0 Å². The second kappa shape index (κ2) is 6.93. The Labute approximate surface area is 87.0 Å². The van der Waals surface area contributed by atoms with Gasteiger partial charge in [0.25, 0.3) is 0 Å². The summed E-state index contributed by atoms with van der Waals surface area (Å²) in [7, 11) is 0. The Morgan fingerprint density at radius 2 is 1.85 bits per heavy atom. The quantitative estimate of drug-likeness (QED) is 0.612. The van der Waals surface area contributed by atoms with Crippen molar-refractivity contribution >= 4 is 0 Å². The molecule has 0 bridgehead atoms. The van der Waals surface area contributed by atoms with Crippen LogP contribution in [0.25, 0.3) is 0 Å². The molecule has 2 heteroatoms. The van der Waals surface area contributed by atoms with Gasteiger partial charge in [0.1, 0.15) is 6.54 Å². The molecule has 1 aromatic rings. The SMILES string of the molecule is CCC(C)[NH2+]Cc1ccccc1.[Cl-]. The smallest absolute Gasteiger partial charge is 0.101 e. The van der Waals surface area contributed by atoms with Gasteiger partial charge in [0.05, 0.1) is 6.04 Å². The fourth-order valence-corrected chi connectivity index (χ4v) is 1.12. The van der Waals surface area contributed by atoms with Crippen LogP contribution in [0.1, 0.15) is 25.8 Å². The van der Waals surface area contributed by atoms with Crippen LogP contribution in [-0.2, 0) is 6.54 Å². The lowest BCUT2D eigenvalue weighted by Gasteiger charge is -2.07. The molecule has 0 aromatic heterocycles. The van der Waals surface area contributed by atoms with Gasteiger partial charge in [0.15, 0.2) is 0 Å². The lowest BCUT2D eigenvalue weighted by molar-refractivity contribution is -0.701. The fourth-order valence-electron chi connectivity index (χ4n) is 1.12. The number of halogens is 1. The van der Waals surface area contributed by atoms with Gasteiger partial charge < -0.3 is 17.7 Å². The number of rotatable bonds is 4. The zero-order valence-corrected chi connectivity index (χ0v) is 9.09. The molecule has 0 heterocycles. The van der Waals surface area contributed by atoms with Crippen molar-refractivity contribution in [3.05, 3.63) is 35.9 Å². The molecule has 0 aliphatic carbocycles. The van der Waals surface area contributed by atoms with E-state index in [9.17, 15) is 0 Å². The van der Waals surface area contributed by atoms with Gasteiger partial charge in [-0.25, -0.2) is 0 Å². The molecule has 0 aliphatic rings. The minimum absolute atomic E-state index is 0. The van der Waals surface area contributed by atoms with Crippen molar-refractivity contribution in [2.75, 3.05) is 0 Å². The van der Waals surface area contributed by atoms with Gasteiger partial charge in [-0.3, -0.25) is 0 Å². The Hall–Kier alpha value is -0.530. The minimum Gasteiger partial charge on any atom is -1.00 e. The predicted molar refractivity (Wildman–Crippen MR) is 51.8 cm³/mol. The molecule has 2 N–H and O–H groups in total. The zero-order valence-electron chi connectivity index (χ0n) is 8.33. The number of benzene rings is 1. The molecule has 1 unspecified atom stereocenters. The van der Waals surface area contributed by atoms with Crippen molar-refractivity contribution in [2.24, 2.45) is 0 Å². The van der Waals surface area contributed by atoms with Crippen LogP contribution < -0.4 is 17.7 Å². The van der Waals surface area contributed by atoms with Gasteiger partial charge in [0.2, 0.25) is 0 Å². The first kappa shape index (κ1) is 12.5. The second-order valence-electron chi connectivity index (χ2n) is 3.31. The van der Waals surface area contributed by atoms with Gasteiger partial charge in [-0.2, -0.15) is 0 Å². The molecule has 1 nitrogen and oxygen atoms in total. The van der Waals surface area contributed by atoms with Crippen LogP contribution in [0.2, 0.25) is 0 Å². The van der Waals surface area contributed by atoms with E-state index in [-0.39, 0.29) is 12.4 Å². The minimum atomic E-state index is 0. The first-order chi connectivity index (χ1) is 5.83. The normalized spacial score (nSPS) is 11.8. The maximum atomic E-state index is 2.38. The summed E-state index contributed by atoms with van der Waals surface area (Å²) in [6.45, 7) is 5.60. The van der Waals surface area contributed by atoms with Gasteiger partial charge in [-0.1, -0.05) is 37.3 Å². The van der Waals surface area contributed by atoms with E-state index in [4.69, 9.17) is 0 Å². The van der Waals surface area contributed by atoms with Crippen LogP contribution in [0, 0.1) is 0 Å². The number of hydrogen-bond acceptors (Lipinski definition) is 0. The van der Waals surface area contributed by atoms with E-state index < -0.39 is 0 Å². The molecule has 74 valence electrons. The van der Waals surface area contributed by atoms with E-state index in [2.05, 4.69) is 49.5 Å². The first-order valence-electron chi connectivity index (χ1n) is 4.70. The van der Waals surface area contributed by atoms with Gasteiger partial charge >= 0.3 is 0 Å². The van der Waals surface area contributed by atoms with E-state index in [1.165, 1.54) is 12.0 Å². The molecule has 1 rings (SSSR count). The van der Waals surface area contributed by atoms with Crippen molar-refractivity contribution < 1.29 is 17.7 Å². The van der Waals surface area contributed by atoms with Crippen LogP contribution in [0.5, 0.6) is 0 Å².